The van der Waals surface area contributed by atoms with Gasteiger partial charge in [-0.3, -0.25) is 9.98 Å². The number of rotatable bonds is 2. The van der Waals surface area contributed by atoms with Crippen molar-refractivity contribution in [2.45, 2.75) is 59.6 Å². The fourth-order valence-electron chi connectivity index (χ4n) is 5.12. The molecule has 4 rings (SSSR count). The molecule has 0 spiro atoms. The molecule has 0 saturated carbocycles. The van der Waals surface area contributed by atoms with Gasteiger partial charge in [0.05, 0.1) is 28.2 Å². The lowest BCUT2D eigenvalue weighted by atomic mass is 9.71. The molecule has 166 valence electrons. The Morgan fingerprint density at radius 1 is 1.03 bits per heavy atom. The molecule has 1 atom stereocenters. The molecular formula is C25H25F3N4. The number of alkyl halides is 3. The van der Waals surface area contributed by atoms with Crippen molar-refractivity contribution in [2.24, 2.45) is 12.0 Å². The molecule has 1 aliphatic heterocycles. The van der Waals surface area contributed by atoms with Crippen LogP contribution in [0.3, 0.4) is 0 Å². The van der Waals surface area contributed by atoms with Crippen LogP contribution in [0, 0.1) is 45.9 Å². The van der Waals surface area contributed by atoms with Crippen LogP contribution in [0.2, 0.25) is 0 Å². The molecule has 1 unspecified atom stereocenters. The first kappa shape index (κ1) is 22.1. The van der Waals surface area contributed by atoms with Crippen LogP contribution in [-0.2, 0) is 18.9 Å². The maximum Gasteiger partial charge on any atom is 0.403 e. The molecule has 2 aromatic heterocycles. The van der Waals surface area contributed by atoms with Gasteiger partial charge in [-0.2, -0.15) is 18.4 Å². The van der Waals surface area contributed by atoms with Crippen LogP contribution in [0.15, 0.2) is 17.3 Å². The van der Waals surface area contributed by atoms with Crippen molar-refractivity contribution in [2.75, 3.05) is 0 Å². The van der Waals surface area contributed by atoms with Gasteiger partial charge in [0.15, 0.2) is 0 Å². The van der Waals surface area contributed by atoms with Gasteiger partial charge >= 0.3 is 6.18 Å². The third-order valence-electron chi connectivity index (χ3n) is 7.20. The van der Waals surface area contributed by atoms with E-state index in [0.717, 1.165) is 16.6 Å². The molecule has 0 saturated heterocycles. The summed E-state index contributed by atoms with van der Waals surface area (Å²) in [5, 5.41) is 10.0. The van der Waals surface area contributed by atoms with E-state index < -0.39 is 11.6 Å². The Labute approximate surface area is 185 Å². The van der Waals surface area contributed by atoms with Crippen LogP contribution in [0.1, 0.15) is 51.7 Å². The first-order chi connectivity index (χ1) is 14.8. The third-order valence-corrected chi connectivity index (χ3v) is 7.20. The quantitative estimate of drug-likeness (QED) is 0.483. The van der Waals surface area contributed by atoms with E-state index in [2.05, 4.69) is 16.0 Å². The number of aryl methyl sites for hydroxylation is 3. The Hall–Kier alpha value is -3.14. The lowest BCUT2D eigenvalue weighted by Crippen LogP contribution is -2.47. The summed E-state index contributed by atoms with van der Waals surface area (Å²) in [6.07, 6.45) is -2.78. The Bertz CT molecular complexity index is 1370. The van der Waals surface area contributed by atoms with Gasteiger partial charge in [0.25, 0.3) is 0 Å². The number of fused-ring (bicyclic) bond motifs is 2. The Kier molecular flexibility index (Phi) is 4.78. The maximum atomic E-state index is 15.0. The minimum Gasteiger partial charge on any atom is -0.350 e. The second-order valence-corrected chi connectivity index (χ2v) is 8.90. The average molecular weight is 438 g/mol. The number of pyridine rings is 1. The highest BCUT2D eigenvalue weighted by atomic mass is 19.4. The zero-order chi connectivity index (χ0) is 23.7. The summed E-state index contributed by atoms with van der Waals surface area (Å²) in [6, 6.07) is 3.86. The summed E-state index contributed by atoms with van der Waals surface area (Å²) in [6.45, 7) is 10.2. The standard InChI is InChI=1S/C25H25F3N4/c1-12-13(2)21(17-8-9-32(7)23(17)14(12)3)24(6,25(26,27)28)20-10-19-22(31-20)15(4)18(11-29)16(5)30-19/h8-9H,10H2,1-7H3. The summed E-state index contributed by atoms with van der Waals surface area (Å²) in [5.74, 6) is 0. The molecule has 0 fully saturated rings. The van der Waals surface area contributed by atoms with Gasteiger partial charge in [-0.1, -0.05) is 0 Å². The molecule has 0 amide bonds. The number of aromatic nitrogens is 2. The molecule has 4 nitrogen and oxygen atoms in total. The molecule has 0 radical (unpaired) electrons. The van der Waals surface area contributed by atoms with Gasteiger partial charge < -0.3 is 4.57 Å². The fraction of sp³-hybridized carbons (Fsp3) is 0.400. The number of halogens is 3. The average Bonchev–Trinajstić information content (AvgIpc) is 3.30. The van der Waals surface area contributed by atoms with Crippen LogP contribution in [0.4, 0.5) is 18.9 Å². The monoisotopic (exact) mass is 438 g/mol. The molecule has 32 heavy (non-hydrogen) atoms. The minimum atomic E-state index is -4.58. The number of hydrogen-bond donors (Lipinski definition) is 0. The van der Waals surface area contributed by atoms with Crippen LogP contribution < -0.4 is 0 Å². The molecule has 0 bridgehead atoms. The van der Waals surface area contributed by atoms with Crippen LogP contribution >= 0.6 is 0 Å². The van der Waals surface area contributed by atoms with Crippen molar-refractivity contribution in [1.29, 1.82) is 5.26 Å². The molecule has 0 aliphatic carbocycles. The smallest absolute Gasteiger partial charge is 0.350 e. The zero-order valence-corrected chi connectivity index (χ0v) is 19.3. The predicted octanol–water partition coefficient (Wildman–Crippen LogP) is 6.14. The first-order valence-corrected chi connectivity index (χ1v) is 10.4. The Balaban J connectivity index is 2.07. The molecule has 1 aliphatic rings. The zero-order valence-electron chi connectivity index (χ0n) is 19.3. The molecule has 3 aromatic rings. The lowest BCUT2D eigenvalue weighted by Gasteiger charge is -2.35. The van der Waals surface area contributed by atoms with Crippen molar-refractivity contribution in [3.05, 3.63) is 57.0 Å². The first-order valence-electron chi connectivity index (χ1n) is 10.4. The SMILES string of the molecule is Cc1nc2c(c(C)c1C#N)N=C(C(C)(c1c(C)c(C)c(C)c3c1ccn3C)C(F)(F)F)C2. The van der Waals surface area contributed by atoms with E-state index in [0.29, 0.717) is 39.2 Å². The number of benzene rings is 1. The molecule has 0 N–H and O–H groups in total. The van der Waals surface area contributed by atoms with Gasteiger partial charge in [0.1, 0.15) is 11.5 Å². The molecule has 1 aromatic carbocycles. The van der Waals surface area contributed by atoms with E-state index in [-0.39, 0.29) is 17.7 Å². The highest BCUT2D eigenvalue weighted by Gasteiger charge is 2.58. The fourth-order valence-corrected chi connectivity index (χ4v) is 5.12. The van der Waals surface area contributed by atoms with E-state index in [4.69, 9.17) is 0 Å². The van der Waals surface area contributed by atoms with Gasteiger partial charge in [-0.15, -0.1) is 0 Å². The predicted molar refractivity (Wildman–Crippen MR) is 120 cm³/mol. The number of hydrogen-bond acceptors (Lipinski definition) is 3. The summed E-state index contributed by atoms with van der Waals surface area (Å²) in [4.78, 5) is 8.94. The van der Waals surface area contributed by atoms with Gasteiger partial charge in [0, 0.05) is 30.8 Å². The number of nitrogens with zero attached hydrogens (tertiary/aromatic N) is 4. The summed E-state index contributed by atoms with van der Waals surface area (Å²) in [5.41, 5.74) is 3.55. The van der Waals surface area contributed by atoms with Crippen molar-refractivity contribution in [1.82, 2.24) is 9.55 Å². The second kappa shape index (κ2) is 6.93. The molecular weight excluding hydrogens is 413 g/mol. The van der Waals surface area contributed by atoms with Gasteiger partial charge in [-0.05, 0) is 75.4 Å². The van der Waals surface area contributed by atoms with Crippen molar-refractivity contribution in [3.8, 4) is 6.07 Å². The second-order valence-electron chi connectivity index (χ2n) is 8.90. The van der Waals surface area contributed by atoms with Gasteiger partial charge in [-0.25, -0.2) is 0 Å². The van der Waals surface area contributed by atoms with Crippen LogP contribution in [0.5, 0.6) is 0 Å². The van der Waals surface area contributed by atoms with Gasteiger partial charge in [0.2, 0.25) is 0 Å². The van der Waals surface area contributed by atoms with E-state index >= 15 is 0 Å². The van der Waals surface area contributed by atoms with Crippen LogP contribution in [0.25, 0.3) is 10.9 Å². The normalized spacial score (nSPS) is 15.5. The highest BCUT2D eigenvalue weighted by molar-refractivity contribution is 6.06. The van der Waals surface area contributed by atoms with E-state index in [1.165, 1.54) is 6.92 Å². The summed E-state index contributed by atoms with van der Waals surface area (Å²) < 4.78 is 46.8. The van der Waals surface area contributed by atoms with Crippen molar-refractivity contribution in [3.63, 3.8) is 0 Å². The van der Waals surface area contributed by atoms with Crippen molar-refractivity contribution < 1.29 is 13.2 Å². The largest absolute Gasteiger partial charge is 0.403 e. The van der Waals surface area contributed by atoms with E-state index in [9.17, 15) is 18.4 Å². The highest BCUT2D eigenvalue weighted by Crippen LogP contribution is 2.50. The Morgan fingerprint density at radius 2 is 1.69 bits per heavy atom. The summed E-state index contributed by atoms with van der Waals surface area (Å²) in [7, 11) is 1.85. The number of nitriles is 1. The summed E-state index contributed by atoms with van der Waals surface area (Å²) >= 11 is 0. The van der Waals surface area contributed by atoms with E-state index in [1.54, 1.807) is 33.0 Å². The third kappa shape index (κ3) is 2.75. The molecule has 3 heterocycles. The minimum absolute atomic E-state index is 0.000573. The topological polar surface area (TPSA) is 54.0 Å². The van der Waals surface area contributed by atoms with E-state index in [1.807, 2.05) is 25.5 Å². The molecule has 7 heteroatoms. The lowest BCUT2D eigenvalue weighted by molar-refractivity contribution is -0.164. The van der Waals surface area contributed by atoms with Crippen LogP contribution in [-0.4, -0.2) is 21.4 Å². The maximum absolute atomic E-state index is 15.0. The number of aliphatic imine (C=N–C) groups is 1. The van der Waals surface area contributed by atoms with Crippen molar-refractivity contribution >= 4 is 22.3 Å². The Morgan fingerprint density at radius 3 is 2.28 bits per heavy atom.